The molecule has 0 saturated heterocycles. The molecular formula is C23H32N2O3S. The van der Waals surface area contributed by atoms with Crippen LogP contribution in [0.3, 0.4) is 0 Å². The highest BCUT2D eigenvalue weighted by molar-refractivity contribution is 7.89. The van der Waals surface area contributed by atoms with Crippen molar-refractivity contribution in [2.24, 2.45) is 5.92 Å². The zero-order valence-electron chi connectivity index (χ0n) is 17.8. The predicted octanol–water partition coefficient (Wildman–Crippen LogP) is 3.77. The van der Waals surface area contributed by atoms with E-state index in [-0.39, 0.29) is 10.8 Å². The van der Waals surface area contributed by atoms with Crippen LogP contribution >= 0.6 is 0 Å². The number of amides is 1. The first-order valence-electron chi connectivity index (χ1n) is 10.2. The van der Waals surface area contributed by atoms with Crippen LogP contribution in [0, 0.1) is 5.92 Å². The predicted molar refractivity (Wildman–Crippen MR) is 117 cm³/mol. The molecule has 0 spiro atoms. The minimum atomic E-state index is -3.46. The molecule has 0 aliphatic rings. The van der Waals surface area contributed by atoms with Crippen LogP contribution in [0.4, 0.5) is 0 Å². The summed E-state index contributed by atoms with van der Waals surface area (Å²) >= 11 is 0. The van der Waals surface area contributed by atoms with Crippen molar-refractivity contribution in [3.63, 3.8) is 0 Å². The maximum absolute atomic E-state index is 12.5. The molecule has 0 unspecified atom stereocenters. The molecule has 1 N–H and O–H groups in total. The highest BCUT2D eigenvalue weighted by Crippen LogP contribution is 2.16. The van der Waals surface area contributed by atoms with E-state index in [4.69, 9.17) is 0 Å². The van der Waals surface area contributed by atoms with Crippen molar-refractivity contribution in [1.29, 1.82) is 0 Å². The van der Waals surface area contributed by atoms with Crippen LogP contribution in [0.15, 0.2) is 53.4 Å². The van der Waals surface area contributed by atoms with Crippen molar-refractivity contribution in [3.05, 3.63) is 65.2 Å². The Balaban J connectivity index is 1.90. The maximum Gasteiger partial charge on any atom is 0.243 e. The van der Waals surface area contributed by atoms with E-state index in [1.807, 2.05) is 26.0 Å². The molecule has 158 valence electrons. The van der Waals surface area contributed by atoms with Gasteiger partial charge in [0.2, 0.25) is 15.9 Å². The molecule has 29 heavy (non-hydrogen) atoms. The summed E-state index contributed by atoms with van der Waals surface area (Å²) < 4.78 is 26.5. The maximum atomic E-state index is 12.5. The molecule has 2 aromatic carbocycles. The first-order valence-corrected chi connectivity index (χ1v) is 11.6. The van der Waals surface area contributed by atoms with Crippen molar-refractivity contribution in [1.82, 2.24) is 9.62 Å². The van der Waals surface area contributed by atoms with Gasteiger partial charge in [-0.15, -0.1) is 0 Å². The second-order valence-electron chi connectivity index (χ2n) is 7.60. The standard InChI is InChI=1S/C23H32N2O3S/c1-5-25(6-2)29(27,28)22-13-11-21(12-14-22)17-24-23(26)16-20-9-7-19(8-10-20)15-18(3)4/h7-14,18H,5-6,15-17H2,1-4H3,(H,24,26). The van der Waals surface area contributed by atoms with E-state index >= 15 is 0 Å². The Morgan fingerprint density at radius 1 is 0.897 bits per heavy atom. The third kappa shape index (κ3) is 6.68. The lowest BCUT2D eigenvalue weighted by Crippen LogP contribution is -2.30. The molecule has 5 nitrogen and oxygen atoms in total. The van der Waals surface area contributed by atoms with E-state index in [1.165, 1.54) is 9.87 Å². The Labute approximate surface area is 175 Å². The highest BCUT2D eigenvalue weighted by atomic mass is 32.2. The zero-order valence-corrected chi connectivity index (χ0v) is 18.6. The Bertz CT molecular complexity index is 885. The van der Waals surface area contributed by atoms with Crippen molar-refractivity contribution in [3.8, 4) is 0 Å². The van der Waals surface area contributed by atoms with Gasteiger partial charge < -0.3 is 5.32 Å². The lowest BCUT2D eigenvalue weighted by atomic mass is 10.0. The summed E-state index contributed by atoms with van der Waals surface area (Å²) in [5.41, 5.74) is 3.13. The third-order valence-electron chi connectivity index (χ3n) is 4.79. The van der Waals surface area contributed by atoms with Gasteiger partial charge in [-0.25, -0.2) is 8.42 Å². The van der Waals surface area contributed by atoms with E-state index < -0.39 is 10.0 Å². The molecule has 0 aromatic heterocycles. The average Bonchev–Trinajstić information content (AvgIpc) is 2.68. The first-order chi connectivity index (χ1) is 13.8. The number of carbonyl (C=O) groups is 1. The average molecular weight is 417 g/mol. The summed E-state index contributed by atoms with van der Waals surface area (Å²) in [5, 5.41) is 2.90. The normalized spacial score (nSPS) is 11.8. The second-order valence-corrected chi connectivity index (χ2v) is 9.54. The van der Waals surface area contributed by atoms with Crippen LogP contribution in [0.25, 0.3) is 0 Å². The summed E-state index contributed by atoms with van der Waals surface area (Å²) in [6.45, 7) is 9.27. The van der Waals surface area contributed by atoms with Crippen LogP contribution in [-0.2, 0) is 34.2 Å². The van der Waals surface area contributed by atoms with Gasteiger partial charge in [-0.2, -0.15) is 4.31 Å². The number of carbonyl (C=O) groups excluding carboxylic acids is 1. The van der Waals surface area contributed by atoms with Crippen LogP contribution in [0.5, 0.6) is 0 Å². The fraction of sp³-hybridized carbons (Fsp3) is 0.435. The Kier molecular flexibility index (Phi) is 8.41. The van der Waals surface area contributed by atoms with Crippen molar-refractivity contribution < 1.29 is 13.2 Å². The lowest BCUT2D eigenvalue weighted by molar-refractivity contribution is -0.120. The second kappa shape index (κ2) is 10.6. The number of sulfonamides is 1. The first kappa shape index (κ1) is 23.1. The lowest BCUT2D eigenvalue weighted by Gasteiger charge is -2.18. The molecule has 1 amide bonds. The smallest absolute Gasteiger partial charge is 0.243 e. The molecule has 2 aromatic rings. The van der Waals surface area contributed by atoms with Gasteiger partial charge >= 0.3 is 0 Å². The Morgan fingerprint density at radius 3 is 1.93 bits per heavy atom. The van der Waals surface area contributed by atoms with Gasteiger partial charge in [0.1, 0.15) is 0 Å². The molecule has 0 saturated carbocycles. The van der Waals surface area contributed by atoms with Gasteiger partial charge in [0.05, 0.1) is 11.3 Å². The summed E-state index contributed by atoms with van der Waals surface area (Å²) in [7, 11) is -3.46. The summed E-state index contributed by atoms with van der Waals surface area (Å²) in [4.78, 5) is 12.5. The van der Waals surface area contributed by atoms with Gasteiger partial charge in [0, 0.05) is 19.6 Å². The van der Waals surface area contributed by atoms with Crippen molar-refractivity contribution in [2.45, 2.75) is 52.0 Å². The van der Waals surface area contributed by atoms with E-state index in [1.54, 1.807) is 24.3 Å². The Hall–Kier alpha value is -2.18. The van der Waals surface area contributed by atoms with Gasteiger partial charge in [0.15, 0.2) is 0 Å². The molecule has 0 heterocycles. The summed E-state index contributed by atoms with van der Waals surface area (Å²) in [5.74, 6) is 0.555. The van der Waals surface area contributed by atoms with Gasteiger partial charge in [0.25, 0.3) is 0 Å². The molecule has 0 aliphatic heterocycles. The van der Waals surface area contributed by atoms with Crippen LogP contribution in [-0.4, -0.2) is 31.7 Å². The molecule has 0 atom stereocenters. The largest absolute Gasteiger partial charge is 0.352 e. The van der Waals surface area contributed by atoms with E-state index in [0.29, 0.717) is 32.0 Å². The summed E-state index contributed by atoms with van der Waals surface area (Å²) in [6.07, 6.45) is 1.36. The number of nitrogens with one attached hydrogen (secondary N) is 1. The van der Waals surface area contributed by atoms with Crippen LogP contribution in [0.1, 0.15) is 44.4 Å². The summed E-state index contributed by atoms with van der Waals surface area (Å²) in [6, 6.07) is 14.9. The minimum absolute atomic E-state index is 0.0542. The highest BCUT2D eigenvalue weighted by Gasteiger charge is 2.21. The zero-order chi connectivity index (χ0) is 21.4. The minimum Gasteiger partial charge on any atom is -0.352 e. The van der Waals surface area contributed by atoms with Crippen molar-refractivity contribution in [2.75, 3.05) is 13.1 Å². The fourth-order valence-corrected chi connectivity index (χ4v) is 4.66. The monoisotopic (exact) mass is 416 g/mol. The fourth-order valence-electron chi connectivity index (χ4n) is 3.21. The molecule has 2 rings (SSSR count). The van der Waals surface area contributed by atoms with Crippen LogP contribution in [0.2, 0.25) is 0 Å². The number of nitrogens with zero attached hydrogens (tertiary/aromatic N) is 1. The van der Waals surface area contributed by atoms with E-state index in [0.717, 1.165) is 17.5 Å². The Morgan fingerprint density at radius 2 is 1.41 bits per heavy atom. The molecule has 6 heteroatoms. The molecule has 0 fully saturated rings. The van der Waals surface area contributed by atoms with Gasteiger partial charge in [-0.1, -0.05) is 64.1 Å². The van der Waals surface area contributed by atoms with E-state index in [9.17, 15) is 13.2 Å². The third-order valence-corrected chi connectivity index (χ3v) is 6.85. The quantitative estimate of drug-likeness (QED) is 0.641. The molecule has 0 radical (unpaired) electrons. The molecular weight excluding hydrogens is 384 g/mol. The van der Waals surface area contributed by atoms with E-state index in [2.05, 4.69) is 31.3 Å². The number of benzene rings is 2. The SMILES string of the molecule is CCN(CC)S(=O)(=O)c1ccc(CNC(=O)Cc2ccc(CC(C)C)cc2)cc1. The van der Waals surface area contributed by atoms with Gasteiger partial charge in [-0.3, -0.25) is 4.79 Å². The topological polar surface area (TPSA) is 66.5 Å². The molecule has 0 aliphatic carbocycles. The van der Waals surface area contributed by atoms with Gasteiger partial charge in [-0.05, 0) is 41.2 Å². The number of rotatable bonds is 10. The number of hydrogen-bond donors (Lipinski definition) is 1. The van der Waals surface area contributed by atoms with Crippen molar-refractivity contribution >= 4 is 15.9 Å². The molecule has 0 bridgehead atoms. The number of hydrogen-bond acceptors (Lipinski definition) is 3. The van der Waals surface area contributed by atoms with Crippen LogP contribution < -0.4 is 5.32 Å².